The van der Waals surface area contributed by atoms with E-state index in [1.165, 1.54) is 218 Å². The summed E-state index contributed by atoms with van der Waals surface area (Å²) in [5.41, 5.74) is 0. The number of phosphoric acid groups is 2. The van der Waals surface area contributed by atoms with Crippen molar-refractivity contribution in [3.8, 4) is 0 Å². The molecule has 0 aromatic carbocycles. The van der Waals surface area contributed by atoms with Gasteiger partial charge in [-0.2, -0.15) is 0 Å². The summed E-state index contributed by atoms with van der Waals surface area (Å²) in [5, 5.41) is 10.7. The fourth-order valence-electron chi connectivity index (χ4n) is 12.5. The third-order valence-corrected chi connectivity index (χ3v) is 21.7. The Kier molecular flexibility index (Phi) is 69.6. The lowest BCUT2D eigenvalue weighted by atomic mass is 9.99. The predicted octanol–water partition coefficient (Wildman–Crippen LogP) is 24.4. The highest BCUT2D eigenvalue weighted by Gasteiger charge is 2.30. The van der Waals surface area contributed by atoms with Gasteiger partial charge in [0.2, 0.25) is 0 Å². The van der Waals surface area contributed by atoms with Crippen molar-refractivity contribution in [1.29, 1.82) is 0 Å². The summed E-state index contributed by atoms with van der Waals surface area (Å²) in [4.78, 5) is 73.1. The highest BCUT2D eigenvalue weighted by atomic mass is 31.2. The van der Waals surface area contributed by atoms with E-state index in [1.807, 2.05) is 0 Å². The summed E-state index contributed by atoms with van der Waals surface area (Å²) in [6.07, 6.45) is 58.2. The molecule has 0 rings (SSSR count). The molecular formula is C82H160O17P2. The summed E-state index contributed by atoms with van der Waals surface area (Å²) in [5.74, 6) is 1.05. The van der Waals surface area contributed by atoms with Crippen LogP contribution in [0.5, 0.6) is 0 Å². The number of esters is 4. The number of carbonyl (C=O) groups is 4. The van der Waals surface area contributed by atoms with Crippen LogP contribution in [0, 0.1) is 23.7 Å². The zero-order valence-electron chi connectivity index (χ0n) is 66.5. The molecular weight excluding hydrogens is 1320 g/mol. The Hall–Kier alpha value is -1.94. The number of aliphatic hydroxyl groups excluding tert-OH is 1. The van der Waals surface area contributed by atoms with Crippen LogP contribution < -0.4 is 0 Å². The average molecular weight is 1480 g/mol. The highest BCUT2D eigenvalue weighted by molar-refractivity contribution is 7.47. The fraction of sp³-hybridized carbons (Fsp3) is 0.951. The van der Waals surface area contributed by atoms with Crippen molar-refractivity contribution in [3.63, 3.8) is 0 Å². The molecule has 0 aliphatic rings. The van der Waals surface area contributed by atoms with Crippen molar-refractivity contribution in [2.24, 2.45) is 23.7 Å². The van der Waals surface area contributed by atoms with Crippen molar-refractivity contribution in [2.45, 2.75) is 440 Å². The Labute approximate surface area is 619 Å². The van der Waals surface area contributed by atoms with Gasteiger partial charge in [0.25, 0.3) is 0 Å². The largest absolute Gasteiger partial charge is 0.472 e. The lowest BCUT2D eigenvalue weighted by molar-refractivity contribution is -0.161. The van der Waals surface area contributed by atoms with Gasteiger partial charge in [-0.3, -0.25) is 37.3 Å². The maximum atomic E-state index is 13.1. The summed E-state index contributed by atoms with van der Waals surface area (Å²) >= 11 is 0. The lowest BCUT2D eigenvalue weighted by Crippen LogP contribution is -2.30. The molecule has 0 aromatic rings. The number of rotatable bonds is 79. The Balaban J connectivity index is 5.26. The van der Waals surface area contributed by atoms with Crippen molar-refractivity contribution in [1.82, 2.24) is 0 Å². The van der Waals surface area contributed by atoms with E-state index in [-0.39, 0.29) is 25.7 Å². The van der Waals surface area contributed by atoms with Gasteiger partial charge in [0.05, 0.1) is 26.4 Å². The molecule has 3 N–H and O–H groups in total. The van der Waals surface area contributed by atoms with E-state index in [0.717, 1.165) is 120 Å². The molecule has 101 heavy (non-hydrogen) atoms. The van der Waals surface area contributed by atoms with Crippen LogP contribution in [0.4, 0.5) is 0 Å². The molecule has 4 unspecified atom stereocenters. The van der Waals surface area contributed by atoms with E-state index in [1.54, 1.807) is 0 Å². The Morgan fingerprint density at radius 3 is 0.703 bits per heavy atom. The van der Waals surface area contributed by atoms with Crippen LogP contribution in [0.1, 0.15) is 421 Å². The van der Waals surface area contributed by atoms with Gasteiger partial charge in [0, 0.05) is 25.7 Å². The number of ether oxygens (including phenoxy) is 4. The maximum absolute atomic E-state index is 13.1. The van der Waals surface area contributed by atoms with E-state index in [2.05, 4.69) is 55.4 Å². The fourth-order valence-corrected chi connectivity index (χ4v) is 14.1. The zero-order valence-corrected chi connectivity index (χ0v) is 68.3. The molecule has 0 saturated carbocycles. The molecule has 600 valence electrons. The summed E-state index contributed by atoms with van der Waals surface area (Å²) in [6, 6.07) is 0. The average Bonchev–Trinajstić information content (AvgIpc) is 0.972. The Bertz CT molecular complexity index is 1980. The number of aliphatic hydroxyl groups is 1. The molecule has 7 atom stereocenters. The van der Waals surface area contributed by atoms with Gasteiger partial charge in [-0.25, -0.2) is 9.13 Å². The van der Waals surface area contributed by atoms with Crippen molar-refractivity contribution >= 4 is 39.5 Å². The monoisotopic (exact) mass is 1480 g/mol. The number of carbonyl (C=O) groups excluding carboxylic acids is 4. The summed E-state index contributed by atoms with van der Waals surface area (Å²) in [6.45, 7) is 14.3. The minimum Gasteiger partial charge on any atom is -0.462 e. The quantitative estimate of drug-likeness (QED) is 0.0222. The molecule has 0 amide bonds. The standard InChI is InChI=1S/C82H160O17P2/c1-9-74(7)60-52-44-36-30-24-18-12-14-20-26-32-38-48-56-64-81(86)98-77(68-92-79(84)62-54-46-37-31-25-19-13-11-16-22-28-34-42-50-58-72(3)4)70-96-100(88,89)94-66-76(83)67-95-101(90,91)97-71-78(69-93-80(85)63-55-47-41-40-45-53-61-75(8)10-2)99-82(87)65-57-49-39-33-27-21-15-17-23-29-35-43-51-59-73(5)6/h72-78,83H,9-71H2,1-8H3,(H,88,89)(H,90,91)/t74?,75?,76-,77-,78-/m1/s1. The molecule has 19 heteroatoms. The highest BCUT2D eigenvalue weighted by Crippen LogP contribution is 2.45. The molecule has 0 bridgehead atoms. The molecule has 0 fully saturated rings. The first kappa shape index (κ1) is 99.1. The molecule has 0 radical (unpaired) electrons. The number of hydrogen-bond donors (Lipinski definition) is 3. The van der Waals surface area contributed by atoms with Crippen LogP contribution in [0.2, 0.25) is 0 Å². The second kappa shape index (κ2) is 71.0. The first-order valence-corrected chi connectivity index (χ1v) is 45.3. The van der Waals surface area contributed by atoms with Crippen molar-refractivity contribution in [3.05, 3.63) is 0 Å². The van der Waals surface area contributed by atoms with Crippen LogP contribution in [0.25, 0.3) is 0 Å². The maximum Gasteiger partial charge on any atom is 0.472 e. The van der Waals surface area contributed by atoms with Gasteiger partial charge >= 0.3 is 39.5 Å². The molecule has 17 nitrogen and oxygen atoms in total. The van der Waals surface area contributed by atoms with Crippen LogP contribution >= 0.6 is 15.6 Å². The van der Waals surface area contributed by atoms with Crippen molar-refractivity contribution < 1.29 is 80.2 Å². The third-order valence-electron chi connectivity index (χ3n) is 19.8. The third kappa shape index (κ3) is 73.4. The van der Waals surface area contributed by atoms with Gasteiger partial charge < -0.3 is 33.8 Å². The van der Waals surface area contributed by atoms with Gasteiger partial charge in [-0.15, -0.1) is 0 Å². The van der Waals surface area contributed by atoms with E-state index in [0.29, 0.717) is 25.7 Å². The number of unbranched alkanes of at least 4 members (excludes halogenated alkanes) is 43. The zero-order chi connectivity index (χ0) is 74.6. The molecule has 0 aliphatic carbocycles. The van der Waals surface area contributed by atoms with Crippen LogP contribution in [0.3, 0.4) is 0 Å². The Morgan fingerprint density at radius 1 is 0.277 bits per heavy atom. The minimum atomic E-state index is -4.96. The molecule has 0 heterocycles. The van der Waals surface area contributed by atoms with Crippen LogP contribution in [0.15, 0.2) is 0 Å². The van der Waals surface area contributed by atoms with E-state index in [4.69, 9.17) is 37.0 Å². The summed E-state index contributed by atoms with van der Waals surface area (Å²) < 4.78 is 68.8. The van der Waals surface area contributed by atoms with Crippen molar-refractivity contribution in [2.75, 3.05) is 39.6 Å². The first-order chi connectivity index (χ1) is 48.7. The van der Waals surface area contributed by atoms with E-state index < -0.39 is 97.5 Å². The Morgan fingerprint density at radius 2 is 0.475 bits per heavy atom. The normalized spacial score (nSPS) is 14.5. The molecule has 0 aromatic heterocycles. The van der Waals surface area contributed by atoms with E-state index in [9.17, 15) is 43.2 Å². The molecule has 0 aliphatic heterocycles. The number of phosphoric ester groups is 2. The smallest absolute Gasteiger partial charge is 0.462 e. The SMILES string of the molecule is CCC(C)CCCCCCCCCCCCCCCCC(=O)O[C@H](COC(=O)CCCCCCCCCCCCCCCCC(C)C)COP(=O)(O)OC[C@@H](O)COP(=O)(O)OC[C@@H](COC(=O)CCCCCCCCC(C)CC)OC(=O)CCCCCCCCCCCCCCCC(C)C. The van der Waals surface area contributed by atoms with Gasteiger partial charge in [-0.1, -0.05) is 370 Å². The molecule has 0 spiro atoms. The van der Waals surface area contributed by atoms with Gasteiger partial charge in [0.15, 0.2) is 12.2 Å². The van der Waals surface area contributed by atoms with Gasteiger partial charge in [0.1, 0.15) is 19.3 Å². The van der Waals surface area contributed by atoms with Crippen LogP contribution in [-0.4, -0.2) is 96.7 Å². The van der Waals surface area contributed by atoms with Crippen LogP contribution in [-0.2, 0) is 65.4 Å². The molecule has 0 saturated heterocycles. The lowest BCUT2D eigenvalue weighted by Gasteiger charge is -2.21. The van der Waals surface area contributed by atoms with E-state index >= 15 is 0 Å². The second-order valence-electron chi connectivity index (χ2n) is 31.0. The minimum absolute atomic E-state index is 0.106. The summed E-state index contributed by atoms with van der Waals surface area (Å²) in [7, 11) is -9.92. The second-order valence-corrected chi connectivity index (χ2v) is 33.9. The first-order valence-electron chi connectivity index (χ1n) is 42.3. The predicted molar refractivity (Wildman–Crippen MR) is 414 cm³/mol. The topological polar surface area (TPSA) is 237 Å². The number of hydrogen-bond acceptors (Lipinski definition) is 15. The van der Waals surface area contributed by atoms with Gasteiger partial charge in [-0.05, 0) is 49.4 Å².